The van der Waals surface area contributed by atoms with Crippen LogP contribution in [0.25, 0.3) is 0 Å². The average molecular weight is 1110 g/mol. The zero-order valence-electron chi connectivity index (χ0n) is 51.1. The largest absolute Gasteiger partial charge is 0.472 e. The Kier molecular flexibility index (Phi) is 56.2. The Balaban J connectivity index is 4.24. The van der Waals surface area contributed by atoms with Crippen molar-refractivity contribution in [1.82, 2.24) is 5.32 Å². The number of amides is 1. The highest BCUT2D eigenvalue weighted by molar-refractivity contribution is 7.47. The van der Waals surface area contributed by atoms with E-state index < -0.39 is 20.0 Å². The number of nitrogens with one attached hydrogen (secondary N) is 1. The summed E-state index contributed by atoms with van der Waals surface area (Å²) in [4.78, 5) is 23.4. The molecule has 0 aromatic heterocycles. The molecule has 448 valence electrons. The predicted molar refractivity (Wildman–Crippen MR) is 341 cm³/mol. The molecular formula is C69H122N2O6P+. The van der Waals surface area contributed by atoms with Crippen molar-refractivity contribution in [3.05, 3.63) is 122 Å². The van der Waals surface area contributed by atoms with E-state index in [0.29, 0.717) is 17.4 Å². The molecule has 0 aromatic rings. The lowest BCUT2D eigenvalue weighted by atomic mass is 10.0. The first kappa shape index (κ1) is 74.9. The molecule has 0 radical (unpaired) electrons. The number of phosphoric acid groups is 1. The van der Waals surface area contributed by atoms with Crippen LogP contribution >= 0.6 is 7.82 Å². The lowest BCUT2D eigenvalue weighted by Crippen LogP contribution is -2.45. The van der Waals surface area contributed by atoms with Gasteiger partial charge in [-0.1, -0.05) is 277 Å². The van der Waals surface area contributed by atoms with Gasteiger partial charge in [0.1, 0.15) is 13.2 Å². The number of likely N-dealkylation sites (N-methyl/N-ethyl adjacent to an activating group) is 1. The van der Waals surface area contributed by atoms with Crippen molar-refractivity contribution < 1.29 is 32.9 Å². The molecule has 3 N–H and O–H groups in total. The molecule has 9 heteroatoms. The van der Waals surface area contributed by atoms with Crippen LogP contribution in [0, 0.1) is 0 Å². The van der Waals surface area contributed by atoms with E-state index in [2.05, 4.69) is 129 Å². The van der Waals surface area contributed by atoms with E-state index >= 15 is 0 Å². The molecule has 0 saturated carbocycles. The molecule has 0 bridgehead atoms. The SMILES string of the molecule is CC/C=C\C/C=C\C/C=C\C/C=C\C/C=C\C/C=C\C/C=C\C/C=C\CCCCCCCCCCC(=O)NC(COP(=O)(O)OCC[N+](C)(C)C)C(O)/C=C/CC/C=C/CCCCCCCCCCCCCCCCCCC. The lowest BCUT2D eigenvalue weighted by molar-refractivity contribution is -0.870. The zero-order valence-corrected chi connectivity index (χ0v) is 52.0. The van der Waals surface area contributed by atoms with Crippen LogP contribution in [0.5, 0.6) is 0 Å². The van der Waals surface area contributed by atoms with Crippen molar-refractivity contribution in [3.8, 4) is 0 Å². The van der Waals surface area contributed by atoms with Crippen molar-refractivity contribution in [1.29, 1.82) is 0 Å². The van der Waals surface area contributed by atoms with Crippen molar-refractivity contribution in [2.75, 3.05) is 40.9 Å². The second-order valence-electron chi connectivity index (χ2n) is 22.4. The third-order valence-corrected chi connectivity index (χ3v) is 14.6. The van der Waals surface area contributed by atoms with Crippen LogP contribution in [0.15, 0.2) is 122 Å². The molecule has 0 saturated heterocycles. The highest BCUT2D eigenvalue weighted by atomic mass is 31.2. The number of carbonyl (C=O) groups is 1. The normalized spacial score (nSPS) is 14.6. The number of allylic oxidation sites excluding steroid dienone is 19. The molecule has 0 aromatic carbocycles. The number of quaternary nitrogens is 1. The Morgan fingerprint density at radius 3 is 1.18 bits per heavy atom. The minimum atomic E-state index is -4.37. The summed E-state index contributed by atoms with van der Waals surface area (Å²) in [5.41, 5.74) is 0. The number of nitrogens with zero attached hydrogens (tertiary/aromatic N) is 1. The van der Waals surface area contributed by atoms with E-state index in [1.54, 1.807) is 6.08 Å². The van der Waals surface area contributed by atoms with Gasteiger partial charge in [0.05, 0.1) is 39.9 Å². The van der Waals surface area contributed by atoms with Crippen molar-refractivity contribution in [2.45, 2.75) is 270 Å². The molecule has 0 heterocycles. The summed E-state index contributed by atoms with van der Waals surface area (Å²) in [7, 11) is 1.54. The quantitative estimate of drug-likeness (QED) is 0.0243. The number of rotatable bonds is 57. The van der Waals surface area contributed by atoms with E-state index in [9.17, 15) is 19.4 Å². The highest BCUT2D eigenvalue weighted by Crippen LogP contribution is 2.43. The molecule has 1 amide bonds. The van der Waals surface area contributed by atoms with Crippen LogP contribution in [0.4, 0.5) is 0 Å². The Bertz CT molecular complexity index is 1680. The zero-order chi connectivity index (χ0) is 57.0. The third kappa shape index (κ3) is 60.5. The van der Waals surface area contributed by atoms with Crippen molar-refractivity contribution in [3.63, 3.8) is 0 Å². The van der Waals surface area contributed by atoms with Crippen LogP contribution in [0.2, 0.25) is 0 Å². The molecule has 0 aliphatic carbocycles. The number of aliphatic hydroxyl groups is 1. The monoisotopic (exact) mass is 1110 g/mol. The molecule has 0 aliphatic rings. The summed E-state index contributed by atoms with van der Waals surface area (Å²) in [6, 6.07) is -0.878. The molecule has 8 nitrogen and oxygen atoms in total. The Hall–Kier alpha value is -3.10. The van der Waals surface area contributed by atoms with Crippen LogP contribution in [-0.2, 0) is 18.4 Å². The van der Waals surface area contributed by atoms with Gasteiger partial charge in [-0.05, 0) is 96.3 Å². The molecular weight excluding hydrogens is 984 g/mol. The Morgan fingerprint density at radius 2 is 0.782 bits per heavy atom. The summed E-state index contributed by atoms with van der Waals surface area (Å²) in [5, 5.41) is 13.9. The number of unbranched alkanes of at least 4 members (excludes halogenated alkanes) is 26. The fourth-order valence-corrected chi connectivity index (χ4v) is 9.46. The van der Waals surface area contributed by atoms with Crippen molar-refractivity contribution >= 4 is 13.7 Å². The molecule has 0 fully saturated rings. The van der Waals surface area contributed by atoms with Gasteiger partial charge in [0.25, 0.3) is 0 Å². The number of carbonyl (C=O) groups excluding carboxylic acids is 1. The molecule has 0 aliphatic heterocycles. The summed E-state index contributed by atoms with van der Waals surface area (Å²) >= 11 is 0. The Labute approximate surface area is 482 Å². The van der Waals surface area contributed by atoms with Gasteiger partial charge in [-0.2, -0.15) is 0 Å². The predicted octanol–water partition coefficient (Wildman–Crippen LogP) is 20.1. The van der Waals surface area contributed by atoms with Gasteiger partial charge in [-0.3, -0.25) is 13.8 Å². The van der Waals surface area contributed by atoms with E-state index in [1.807, 2.05) is 27.2 Å². The van der Waals surface area contributed by atoms with Crippen LogP contribution in [0.3, 0.4) is 0 Å². The first-order chi connectivity index (χ1) is 38.0. The Morgan fingerprint density at radius 1 is 0.449 bits per heavy atom. The number of hydrogen-bond donors (Lipinski definition) is 3. The second-order valence-corrected chi connectivity index (χ2v) is 23.8. The number of hydrogen-bond acceptors (Lipinski definition) is 5. The molecule has 3 atom stereocenters. The fraction of sp³-hybridized carbons (Fsp3) is 0.696. The summed E-state index contributed by atoms with van der Waals surface area (Å²) in [6.07, 6.45) is 87.4. The average Bonchev–Trinajstić information content (AvgIpc) is 3.41. The van der Waals surface area contributed by atoms with Crippen LogP contribution in [-0.4, -0.2) is 73.4 Å². The summed E-state index contributed by atoms with van der Waals surface area (Å²) in [5.74, 6) is -0.199. The van der Waals surface area contributed by atoms with E-state index in [-0.39, 0.29) is 19.1 Å². The maximum atomic E-state index is 13.0. The minimum Gasteiger partial charge on any atom is -0.387 e. The highest BCUT2D eigenvalue weighted by Gasteiger charge is 2.27. The van der Waals surface area contributed by atoms with Gasteiger partial charge >= 0.3 is 7.82 Å². The molecule has 0 spiro atoms. The number of phosphoric ester groups is 1. The minimum absolute atomic E-state index is 0.0485. The van der Waals surface area contributed by atoms with Gasteiger partial charge in [0, 0.05) is 6.42 Å². The van der Waals surface area contributed by atoms with Gasteiger partial charge in [-0.15, -0.1) is 0 Å². The maximum absolute atomic E-state index is 13.0. The summed E-state index contributed by atoms with van der Waals surface area (Å²) < 4.78 is 23.7. The van der Waals surface area contributed by atoms with Gasteiger partial charge in [-0.25, -0.2) is 4.57 Å². The van der Waals surface area contributed by atoms with E-state index in [4.69, 9.17) is 9.05 Å². The van der Waals surface area contributed by atoms with Gasteiger partial charge in [0.15, 0.2) is 0 Å². The van der Waals surface area contributed by atoms with Crippen LogP contribution < -0.4 is 5.32 Å². The first-order valence-corrected chi connectivity index (χ1v) is 33.4. The standard InChI is InChI=1S/C69H121N2O6P/c1-6-8-10-12-14-16-18-20-22-24-26-28-30-31-32-33-34-35-36-37-38-39-41-43-45-47-49-51-53-55-57-59-61-63-69(73)70-67(66-77-78(74,75)76-65-64-71(3,4)5)68(72)62-60-58-56-54-52-50-48-46-44-42-40-29-27-25-23-21-19-17-15-13-11-9-7-2/h8,10,14,16,20,22,26,28,31-32,34-35,37-38,41,43,52,54,60,62,67-68,72H,6-7,9,11-13,15,17-19,21,23-25,27,29-30,33,36,39-40,42,44-51,53,55-59,61,63-66H2,1-5H3,(H-,70,73,74,75)/p+1/b10-8-,16-14-,22-20-,28-26-,32-31-,35-34-,38-37-,43-41-,54-52+,62-60+. The molecule has 78 heavy (non-hydrogen) atoms. The van der Waals surface area contributed by atoms with Gasteiger partial charge < -0.3 is 19.8 Å². The van der Waals surface area contributed by atoms with Crippen molar-refractivity contribution in [2.24, 2.45) is 0 Å². The first-order valence-electron chi connectivity index (χ1n) is 31.9. The molecule has 3 unspecified atom stereocenters. The molecule has 0 rings (SSSR count). The van der Waals surface area contributed by atoms with E-state index in [0.717, 1.165) is 103 Å². The topological polar surface area (TPSA) is 105 Å². The third-order valence-electron chi connectivity index (χ3n) is 13.7. The lowest BCUT2D eigenvalue weighted by Gasteiger charge is -2.25. The van der Waals surface area contributed by atoms with E-state index in [1.165, 1.54) is 135 Å². The number of aliphatic hydroxyl groups excluding tert-OH is 1. The second kappa shape index (κ2) is 58.6. The fourth-order valence-electron chi connectivity index (χ4n) is 8.72. The summed E-state index contributed by atoms with van der Waals surface area (Å²) in [6.45, 7) is 4.68. The maximum Gasteiger partial charge on any atom is 0.472 e. The van der Waals surface area contributed by atoms with Gasteiger partial charge in [0.2, 0.25) is 5.91 Å². The smallest absolute Gasteiger partial charge is 0.387 e. The van der Waals surface area contributed by atoms with Crippen LogP contribution in [0.1, 0.15) is 258 Å².